The first-order valence-electron chi connectivity index (χ1n) is 5.53. The largest absolute Gasteiger partial charge is 0.356 e. The summed E-state index contributed by atoms with van der Waals surface area (Å²) in [6.45, 7) is 4.49. The molecule has 0 rings (SSSR count). The summed E-state index contributed by atoms with van der Waals surface area (Å²) < 4.78 is 29.2. The van der Waals surface area contributed by atoms with Gasteiger partial charge >= 0.3 is 0 Å². The summed E-state index contributed by atoms with van der Waals surface area (Å²) in [4.78, 5) is 11.2. The van der Waals surface area contributed by atoms with Gasteiger partial charge in [-0.05, 0) is 18.8 Å². The zero-order valence-electron chi connectivity index (χ0n) is 9.90. The van der Waals surface area contributed by atoms with Gasteiger partial charge in [-0.2, -0.15) is 8.42 Å². The lowest BCUT2D eigenvalue weighted by atomic mass is 10.1. The van der Waals surface area contributed by atoms with E-state index in [4.69, 9.17) is 4.55 Å². The van der Waals surface area contributed by atoms with Crippen LogP contribution in [0.2, 0.25) is 0 Å². The fraction of sp³-hybridized carbons (Fsp3) is 0.900. The molecule has 0 saturated carbocycles. The second-order valence-corrected chi connectivity index (χ2v) is 5.85. The monoisotopic (exact) mass is 251 g/mol. The fourth-order valence-corrected chi connectivity index (χ4v) is 1.75. The summed E-state index contributed by atoms with van der Waals surface area (Å²) in [6, 6.07) is 0. The second-order valence-electron chi connectivity index (χ2n) is 4.28. The molecule has 5 nitrogen and oxygen atoms in total. The first-order valence-corrected chi connectivity index (χ1v) is 7.14. The molecule has 0 aliphatic rings. The van der Waals surface area contributed by atoms with Crippen molar-refractivity contribution in [2.75, 3.05) is 12.3 Å². The Morgan fingerprint density at radius 1 is 1.31 bits per heavy atom. The quantitative estimate of drug-likeness (QED) is 0.501. The van der Waals surface area contributed by atoms with Gasteiger partial charge in [-0.15, -0.1) is 0 Å². The van der Waals surface area contributed by atoms with Gasteiger partial charge in [-0.3, -0.25) is 9.35 Å². The number of carbonyl (C=O) groups excluding carboxylic acids is 1. The molecule has 16 heavy (non-hydrogen) atoms. The van der Waals surface area contributed by atoms with Gasteiger partial charge in [0.05, 0.1) is 5.75 Å². The summed E-state index contributed by atoms with van der Waals surface area (Å²) in [5.74, 6) is 0.225. The molecule has 0 aromatic rings. The molecule has 96 valence electrons. The summed E-state index contributed by atoms with van der Waals surface area (Å²) in [6.07, 6.45) is 2.58. The average Bonchev–Trinajstić information content (AvgIpc) is 2.10. The van der Waals surface area contributed by atoms with Crippen molar-refractivity contribution in [3.63, 3.8) is 0 Å². The van der Waals surface area contributed by atoms with Gasteiger partial charge in [0.1, 0.15) is 0 Å². The zero-order chi connectivity index (χ0) is 12.6. The normalized spacial score (nSPS) is 11.8. The number of carbonyl (C=O) groups is 1. The Kier molecular flexibility index (Phi) is 7.33. The maximum Gasteiger partial charge on any atom is 0.264 e. The van der Waals surface area contributed by atoms with E-state index in [2.05, 4.69) is 19.2 Å². The van der Waals surface area contributed by atoms with Crippen LogP contribution in [-0.2, 0) is 14.9 Å². The SMILES string of the molecule is CC(C)CCCC(=O)NCCCS(=O)(=O)O. The highest BCUT2D eigenvalue weighted by Crippen LogP contribution is 2.05. The van der Waals surface area contributed by atoms with Crippen LogP contribution < -0.4 is 5.32 Å². The topological polar surface area (TPSA) is 83.5 Å². The van der Waals surface area contributed by atoms with E-state index in [9.17, 15) is 13.2 Å². The molecule has 0 bridgehead atoms. The van der Waals surface area contributed by atoms with Gasteiger partial charge < -0.3 is 5.32 Å². The lowest BCUT2D eigenvalue weighted by molar-refractivity contribution is -0.121. The average molecular weight is 251 g/mol. The molecule has 0 unspecified atom stereocenters. The van der Waals surface area contributed by atoms with Crippen LogP contribution in [0.4, 0.5) is 0 Å². The van der Waals surface area contributed by atoms with Crippen LogP contribution in [0.15, 0.2) is 0 Å². The Hall–Kier alpha value is -0.620. The van der Waals surface area contributed by atoms with E-state index in [0.29, 0.717) is 18.9 Å². The summed E-state index contributed by atoms with van der Waals surface area (Å²) in [7, 11) is -3.90. The summed E-state index contributed by atoms with van der Waals surface area (Å²) >= 11 is 0. The number of hydrogen-bond acceptors (Lipinski definition) is 3. The van der Waals surface area contributed by atoms with Crippen molar-refractivity contribution in [1.29, 1.82) is 0 Å². The second kappa shape index (κ2) is 7.62. The molecular weight excluding hydrogens is 230 g/mol. The van der Waals surface area contributed by atoms with Gasteiger partial charge in [-0.25, -0.2) is 0 Å². The fourth-order valence-electron chi connectivity index (χ4n) is 1.24. The minimum Gasteiger partial charge on any atom is -0.356 e. The maximum absolute atomic E-state index is 11.2. The minimum atomic E-state index is -3.90. The molecule has 1 amide bonds. The van der Waals surface area contributed by atoms with Crippen LogP contribution in [0, 0.1) is 5.92 Å². The molecule has 6 heteroatoms. The molecular formula is C10H21NO4S. The predicted molar refractivity (Wildman–Crippen MR) is 62.7 cm³/mol. The molecule has 0 radical (unpaired) electrons. The van der Waals surface area contributed by atoms with Crippen LogP contribution in [-0.4, -0.2) is 31.2 Å². The lowest BCUT2D eigenvalue weighted by Crippen LogP contribution is -2.25. The highest BCUT2D eigenvalue weighted by atomic mass is 32.2. The van der Waals surface area contributed by atoms with Gasteiger partial charge in [0.2, 0.25) is 5.91 Å². The Balaban J connectivity index is 3.45. The third kappa shape index (κ3) is 11.5. The maximum atomic E-state index is 11.2. The van der Waals surface area contributed by atoms with Crippen molar-refractivity contribution in [1.82, 2.24) is 5.32 Å². The van der Waals surface area contributed by atoms with Crippen molar-refractivity contribution < 1.29 is 17.8 Å². The van der Waals surface area contributed by atoms with Crippen LogP contribution in [0.3, 0.4) is 0 Å². The minimum absolute atomic E-state index is 0.0593. The lowest BCUT2D eigenvalue weighted by Gasteiger charge is -2.05. The molecule has 0 heterocycles. The van der Waals surface area contributed by atoms with Crippen molar-refractivity contribution in [3.05, 3.63) is 0 Å². The number of nitrogens with one attached hydrogen (secondary N) is 1. The van der Waals surface area contributed by atoms with Gasteiger partial charge in [-0.1, -0.05) is 20.3 Å². The molecule has 2 N–H and O–H groups in total. The van der Waals surface area contributed by atoms with Crippen molar-refractivity contribution in [3.8, 4) is 0 Å². The van der Waals surface area contributed by atoms with Crippen LogP contribution >= 0.6 is 0 Å². The first kappa shape index (κ1) is 15.4. The van der Waals surface area contributed by atoms with Gasteiger partial charge in [0.25, 0.3) is 10.1 Å². The van der Waals surface area contributed by atoms with E-state index in [1.54, 1.807) is 0 Å². The standard InChI is InChI=1S/C10H21NO4S/c1-9(2)5-3-6-10(12)11-7-4-8-16(13,14)15/h9H,3-8H2,1-2H3,(H,11,12)(H,13,14,15). The van der Waals surface area contributed by atoms with E-state index in [1.807, 2.05) is 0 Å². The van der Waals surface area contributed by atoms with E-state index in [1.165, 1.54) is 0 Å². The van der Waals surface area contributed by atoms with Gasteiger partial charge in [0, 0.05) is 13.0 Å². The van der Waals surface area contributed by atoms with Crippen molar-refractivity contribution in [2.24, 2.45) is 5.92 Å². The van der Waals surface area contributed by atoms with E-state index in [0.717, 1.165) is 12.8 Å². The van der Waals surface area contributed by atoms with E-state index >= 15 is 0 Å². The Bertz CT molecular complexity index is 298. The van der Waals surface area contributed by atoms with Crippen molar-refractivity contribution in [2.45, 2.75) is 39.5 Å². The van der Waals surface area contributed by atoms with Crippen LogP contribution in [0.5, 0.6) is 0 Å². The zero-order valence-corrected chi connectivity index (χ0v) is 10.7. The van der Waals surface area contributed by atoms with Crippen LogP contribution in [0.25, 0.3) is 0 Å². The third-order valence-corrected chi connectivity index (χ3v) is 2.89. The Labute approximate surface area is 97.4 Å². The van der Waals surface area contributed by atoms with Crippen molar-refractivity contribution >= 4 is 16.0 Å². The molecule has 0 aromatic carbocycles. The number of rotatable bonds is 8. The first-order chi connectivity index (χ1) is 7.31. The number of amides is 1. The summed E-state index contributed by atoms with van der Waals surface area (Å²) in [5, 5.41) is 2.61. The molecule has 0 aromatic heterocycles. The van der Waals surface area contributed by atoms with E-state index in [-0.39, 0.29) is 18.1 Å². The molecule has 0 fully saturated rings. The molecule has 0 atom stereocenters. The smallest absolute Gasteiger partial charge is 0.264 e. The highest BCUT2D eigenvalue weighted by molar-refractivity contribution is 7.85. The highest BCUT2D eigenvalue weighted by Gasteiger charge is 2.05. The Morgan fingerprint density at radius 3 is 2.44 bits per heavy atom. The molecule has 0 spiro atoms. The molecule has 0 aliphatic heterocycles. The molecule has 0 aliphatic carbocycles. The van der Waals surface area contributed by atoms with Gasteiger partial charge in [0.15, 0.2) is 0 Å². The number of hydrogen-bond donors (Lipinski definition) is 2. The van der Waals surface area contributed by atoms with E-state index < -0.39 is 10.1 Å². The molecule has 0 saturated heterocycles. The predicted octanol–water partition coefficient (Wildman–Crippen LogP) is 1.21. The Morgan fingerprint density at radius 2 is 1.94 bits per heavy atom. The summed E-state index contributed by atoms with van der Waals surface area (Å²) in [5.41, 5.74) is 0. The third-order valence-electron chi connectivity index (χ3n) is 2.09. The van der Waals surface area contributed by atoms with Crippen LogP contribution in [0.1, 0.15) is 39.5 Å².